The zero-order chi connectivity index (χ0) is 16.7. The molecule has 1 heterocycles. The summed E-state index contributed by atoms with van der Waals surface area (Å²) in [7, 11) is 0. The molecule has 0 aromatic heterocycles. The first kappa shape index (κ1) is 18.2. The lowest BCUT2D eigenvalue weighted by Gasteiger charge is -2.37. The van der Waals surface area contributed by atoms with Gasteiger partial charge >= 0.3 is 5.97 Å². The van der Waals surface area contributed by atoms with Crippen molar-refractivity contribution < 1.29 is 14.7 Å². The largest absolute Gasteiger partial charge is 0.481 e. The summed E-state index contributed by atoms with van der Waals surface area (Å²) >= 11 is 0. The molecule has 1 unspecified atom stereocenters. The fourth-order valence-electron chi connectivity index (χ4n) is 4.17. The fourth-order valence-corrected chi connectivity index (χ4v) is 4.17. The lowest BCUT2D eigenvalue weighted by atomic mass is 9.93. The van der Waals surface area contributed by atoms with Gasteiger partial charge < -0.3 is 10.0 Å². The Labute approximate surface area is 140 Å². The summed E-state index contributed by atoms with van der Waals surface area (Å²) in [5, 5.41) is 8.83. The molecule has 5 nitrogen and oxygen atoms in total. The minimum atomic E-state index is -0.715. The van der Waals surface area contributed by atoms with E-state index < -0.39 is 5.97 Å². The van der Waals surface area contributed by atoms with Crippen molar-refractivity contribution in [2.24, 2.45) is 5.92 Å². The van der Waals surface area contributed by atoms with Gasteiger partial charge in [-0.2, -0.15) is 0 Å². The number of hydrogen-bond acceptors (Lipinski definition) is 3. The van der Waals surface area contributed by atoms with Crippen LogP contribution in [0, 0.1) is 5.92 Å². The lowest BCUT2D eigenvalue weighted by molar-refractivity contribution is -0.138. The maximum atomic E-state index is 12.7. The van der Waals surface area contributed by atoms with E-state index in [1.54, 1.807) is 0 Å². The average Bonchev–Trinajstić information content (AvgIpc) is 2.55. The maximum Gasteiger partial charge on any atom is 0.303 e. The van der Waals surface area contributed by atoms with Crippen LogP contribution in [-0.2, 0) is 9.59 Å². The molecule has 1 saturated carbocycles. The van der Waals surface area contributed by atoms with Crippen LogP contribution in [0.5, 0.6) is 0 Å². The number of carbonyl (C=O) groups is 2. The van der Waals surface area contributed by atoms with Gasteiger partial charge in [0.15, 0.2) is 0 Å². The normalized spacial score (nSPS) is 23.6. The van der Waals surface area contributed by atoms with Crippen LogP contribution < -0.4 is 0 Å². The first-order valence-corrected chi connectivity index (χ1v) is 9.33. The number of piperidine rings is 1. The molecule has 1 aliphatic heterocycles. The van der Waals surface area contributed by atoms with Crippen LogP contribution in [0.25, 0.3) is 0 Å². The number of amides is 1. The maximum absolute atomic E-state index is 12.7. The van der Waals surface area contributed by atoms with E-state index in [1.807, 2.05) is 0 Å². The van der Waals surface area contributed by atoms with Gasteiger partial charge in [-0.3, -0.25) is 14.5 Å². The van der Waals surface area contributed by atoms with Gasteiger partial charge in [-0.15, -0.1) is 0 Å². The fraction of sp³-hybridized carbons (Fsp3) is 0.889. The number of carbonyl (C=O) groups excluding carboxylic acids is 1. The second-order valence-corrected chi connectivity index (χ2v) is 7.15. The van der Waals surface area contributed by atoms with Crippen LogP contribution in [0.3, 0.4) is 0 Å². The van der Waals surface area contributed by atoms with Gasteiger partial charge in [-0.05, 0) is 51.5 Å². The number of carboxylic acids is 1. The van der Waals surface area contributed by atoms with Gasteiger partial charge in [-0.1, -0.05) is 19.3 Å². The van der Waals surface area contributed by atoms with E-state index in [2.05, 4.69) is 16.7 Å². The van der Waals surface area contributed by atoms with E-state index in [4.69, 9.17) is 5.11 Å². The van der Waals surface area contributed by atoms with Crippen LogP contribution >= 0.6 is 0 Å². The number of nitrogens with zero attached hydrogens (tertiary/aromatic N) is 2. The summed E-state index contributed by atoms with van der Waals surface area (Å²) in [4.78, 5) is 27.8. The smallest absolute Gasteiger partial charge is 0.303 e. The van der Waals surface area contributed by atoms with Crippen molar-refractivity contribution in [3.05, 3.63) is 0 Å². The van der Waals surface area contributed by atoms with Crippen LogP contribution in [0.4, 0.5) is 0 Å². The summed E-state index contributed by atoms with van der Waals surface area (Å²) in [5.74, 6) is -0.0247. The van der Waals surface area contributed by atoms with Crippen LogP contribution in [0.2, 0.25) is 0 Å². The predicted molar refractivity (Wildman–Crippen MR) is 90.3 cm³/mol. The number of hydrogen-bond donors (Lipinski definition) is 1. The second kappa shape index (κ2) is 9.26. The molecule has 132 valence electrons. The van der Waals surface area contributed by atoms with Crippen molar-refractivity contribution in [3.63, 3.8) is 0 Å². The molecule has 2 fully saturated rings. The Hall–Kier alpha value is -1.10. The number of aliphatic carboxylic acids is 1. The average molecular weight is 324 g/mol. The second-order valence-electron chi connectivity index (χ2n) is 7.15. The molecule has 1 amide bonds. The summed E-state index contributed by atoms with van der Waals surface area (Å²) < 4.78 is 0. The van der Waals surface area contributed by atoms with Crippen molar-refractivity contribution in [2.45, 2.75) is 70.8 Å². The minimum absolute atomic E-state index is 0.246. The van der Waals surface area contributed by atoms with Gasteiger partial charge in [0.2, 0.25) is 5.91 Å². The first-order chi connectivity index (χ1) is 11.1. The molecular weight excluding hydrogens is 292 g/mol. The zero-order valence-corrected chi connectivity index (χ0v) is 14.5. The molecule has 2 aliphatic rings. The van der Waals surface area contributed by atoms with Gasteiger partial charge in [0.05, 0.1) is 6.54 Å². The SMILES string of the molecule is CCN(C(=O)CN1CCCC(CCC(=O)O)C1)C1CCCCC1. The Bertz CT molecular complexity index is 394. The summed E-state index contributed by atoms with van der Waals surface area (Å²) in [6.07, 6.45) is 9.26. The Morgan fingerprint density at radius 3 is 2.52 bits per heavy atom. The van der Waals surface area contributed by atoms with E-state index in [0.29, 0.717) is 18.5 Å². The molecule has 23 heavy (non-hydrogen) atoms. The van der Waals surface area contributed by atoms with Crippen molar-refractivity contribution in [1.82, 2.24) is 9.80 Å². The molecule has 0 aromatic carbocycles. The number of likely N-dealkylation sites (tertiary alicyclic amines) is 1. The lowest BCUT2D eigenvalue weighted by Crippen LogP contribution is -2.48. The topological polar surface area (TPSA) is 60.9 Å². The molecule has 0 bridgehead atoms. The standard InChI is InChI=1S/C18H32N2O3/c1-2-20(16-8-4-3-5-9-16)17(21)14-19-12-6-7-15(13-19)10-11-18(22)23/h15-16H,2-14H2,1H3,(H,22,23). The Balaban J connectivity index is 1.81. The molecule has 0 spiro atoms. The number of likely N-dealkylation sites (N-methyl/N-ethyl adjacent to an activating group) is 1. The van der Waals surface area contributed by atoms with Crippen molar-refractivity contribution in [2.75, 3.05) is 26.2 Å². The predicted octanol–water partition coefficient (Wildman–Crippen LogP) is 2.74. The monoisotopic (exact) mass is 324 g/mol. The third-order valence-electron chi connectivity index (χ3n) is 5.40. The third kappa shape index (κ3) is 5.79. The molecule has 1 saturated heterocycles. The molecule has 5 heteroatoms. The Morgan fingerprint density at radius 1 is 1.13 bits per heavy atom. The van der Waals surface area contributed by atoms with E-state index in [9.17, 15) is 9.59 Å². The highest BCUT2D eigenvalue weighted by molar-refractivity contribution is 5.78. The Kier molecular flexibility index (Phi) is 7.34. The first-order valence-electron chi connectivity index (χ1n) is 9.33. The van der Waals surface area contributed by atoms with E-state index in [1.165, 1.54) is 19.3 Å². The number of rotatable bonds is 7. The van der Waals surface area contributed by atoms with Crippen molar-refractivity contribution in [3.8, 4) is 0 Å². The minimum Gasteiger partial charge on any atom is -0.481 e. The van der Waals surface area contributed by atoms with E-state index >= 15 is 0 Å². The third-order valence-corrected chi connectivity index (χ3v) is 5.40. The highest BCUT2D eigenvalue weighted by Crippen LogP contribution is 2.24. The highest BCUT2D eigenvalue weighted by Gasteiger charge is 2.27. The van der Waals surface area contributed by atoms with Crippen LogP contribution in [0.1, 0.15) is 64.7 Å². The van der Waals surface area contributed by atoms with Crippen LogP contribution in [-0.4, -0.2) is 59.0 Å². The molecular formula is C18H32N2O3. The zero-order valence-electron chi connectivity index (χ0n) is 14.5. The van der Waals surface area contributed by atoms with E-state index in [0.717, 1.165) is 51.7 Å². The molecule has 1 N–H and O–H groups in total. The van der Waals surface area contributed by atoms with Gasteiger partial charge in [0.1, 0.15) is 0 Å². The molecule has 1 aliphatic carbocycles. The number of carboxylic acid groups (broad SMARTS) is 1. The quantitative estimate of drug-likeness (QED) is 0.782. The van der Waals surface area contributed by atoms with Gasteiger partial charge in [0, 0.05) is 25.6 Å². The summed E-state index contributed by atoms with van der Waals surface area (Å²) in [5.41, 5.74) is 0. The van der Waals surface area contributed by atoms with Gasteiger partial charge in [0.25, 0.3) is 0 Å². The van der Waals surface area contributed by atoms with E-state index in [-0.39, 0.29) is 12.3 Å². The van der Waals surface area contributed by atoms with Crippen LogP contribution in [0.15, 0.2) is 0 Å². The highest BCUT2D eigenvalue weighted by atomic mass is 16.4. The summed E-state index contributed by atoms with van der Waals surface area (Å²) in [6.45, 7) is 5.24. The Morgan fingerprint density at radius 2 is 1.87 bits per heavy atom. The molecule has 0 radical (unpaired) electrons. The van der Waals surface area contributed by atoms with Gasteiger partial charge in [-0.25, -0.2) is 0 Å². The van der Waals surface area contributed by atoms with Crippen molar-refractivity contribution in [1.29, 1.82) is 0 Å². The summed E-state index contributed by atoms with van der Waals surface area (Å²) in [6, 6.07) is 0.439. The molecule has 1 atom stereocenters. The van der Waals surface area contributed by atoms with Crippen molar-refractivity contribution >= 4 is 11.9 Å². The molecule has 0 aromatic rings. The molecule has 2 rings (SSSR count).